The fourth-order valence-electron chi connectivity index (χ4n) is 1.49. The molecular formula is C11H11F5N2O2. The van der Waals surface area contributed by atoms with Crippen molar-refractivity contribution in [1.82, 2.24) is 4.98 Å². The molecule has 20 heavy (non-hydrogen) atoms. The standard InChI is InChI=1S/C11H11F5N2O2/c1-2-20-10(19)7-5(4-17)3-6(11(14,15)16)8(18-7)9(12)13/h3,9H,2,4,17H2,1H3. The number of nitrogens with zero attached hydrogens (tertiary/aromatic N) is 1. The van der Waals surface area contributed by atoms with E-state index in [2.05, 4.69) is 9.72 Å². The summed E-state index contributed by atoms with van der Waals surface area (Å²) in [7, 11) is 0. The first-order valence-electron chi connectivity index (χ1n) is 5.48. The lowest BCUT2D eigenvalue weighted by Crippen LogP contribution is -2.19. The Labute approximate surface area is 110 Å². The molecule has 0 aliphatic heterocycles. The van der Waals surface area contributed by atoms with Gasteiger partial charge in [-0.1, -0.05) is 0 Å². The summed E-state index contributed by atoms with van der Waals surface area (Å²) in [4.78, 5) is 14.6. The van der Waals surface area contributed by atoms with Gasteiger partial charge in [0.2, 0.25) is 0 Å². The number of carbonyl (C=O) groups excluding carboxylic acids is 1. The fourth-order valence-corrected chi connectivity index (χ4v) is 1.49. The summed E-state index contributed by atoms with van der Waals surface area (Å²) in [6.07, 6.45) is -8.50. The lowest BCUT2D eigenvalue weighted by Gasteiger charge is -2.15. The second-order valence-corrected chi connectivity index (χ2v) is 3.65. The maximum Gasteiger partial charge on any atom is 0.418 e. The molecule has 112 valence electrons. The molecule has 0 saturated heterocycles. The van der Waals surface area contributed by atoms with Crippen molar-refractivity contribution >= 4 is 5.97 Å². The molecule has 1 aromatic rings. The number of pyridine rings is 1. The van der Waals surface area contributed by atoms with Crippen molar-refractivity contribution < 1.29 is 31.5 Å². The summed E-state index contributed by atoms with van der Waals surface area (Å²) in [5.74, 6) is -1.09. The zero-order valence-electron chi connectivity index (χ0n) is 10.3. The maximum absolute atomic E-state index is 12.7. The van der Waals surface area contributed by atoms with Gasteiger partial charge in [-0.25, -0.2) is 18.6 Å². The smallest absolute Gasteiger partial charge is 0.418 e. The number of carbonyl (C=O) groups is 1. The number of aromatic nitrogens is 1. The molecule has 0 unspecified atom stereocenters. The molecule has 4 nitrogen and oxygen atoms in total. The van der Waals surface area contributed by atoms with Crippen LogP contribution in [0.3, 0.4) is 0 Å². The number of rotatable bonds is 4. The second-order valence-electron chi connectivity index (χ2n) is 3.65. The molecule has 0 aliphatic rings. The number of nitrogens with two attached hydrogens (primary N) is 1. The van der Waals surface area contributed by atoms with Gasteiger partial charge in [0.05, 0.1) is 12.2 Å². The summed E-state index contributed by atoms with van der Waals surface area (Å²) in [6, 6.07) is 0.404. The average molecular weight is 298 g/mol. The summed E-state index contributed by atoms with van der Waals surface area (Å²) < 4.78 is 67.9. The third-order valence-corrected chi connectivity index (χ3v) is 2.33. The van der Waals surface area contributed by atoms with Gasteiger partial charge in [0, 0.05) is 6.54 Å². The topological polar surface area (TPSA) is 65.2 Å². The highest BCUT2D eigenvalue weighted by atomic mass is 19.4. The number of esters is 1. The zero-order valence-corrected chi connectivity index (χ0v) is 10.3. The van der Waals surface area contributed by atoms with E-state index < -0.39 is 42.1 Å². The monoisotopic (exact) mass is 298 g/mol. The number of hydrogen-bond acceptors (Lipinski definition) is 4. The van der Waals surface area contributed by atoms with E-state index in [1.54, 1.807) is 0 Å². The normalized spacial score (nSPS) is 11.8. The molecule has 0 aliphatic carbocycles. The third kappa shape index (κ3) is 3.41. The Morgan fingerprint density at radius 2 is 2.05 bits per heavy atom. The molecule has 0 spiro atoms. The van der Waals surface area contributed by atoms with Crippen LogP contribution in [0.5, 0.6) is 0 Å². The first kappa shape index (κ1) is 16.3. The molecule has 1 heterocycles. The second kappa shape index (κ2) is 6.12. The van der Waals surface area contributed by atoms with Gasteiger partial charge in [0.15, 0.2) is 5.69 Å². The van der Waals surface area contributed by atoms with Crippen LogP contribution in [0.4, 0.5) is 22.0 Å². The van der Waals surface area contributed by atoms with E-state index in [0.717, 1.165) is 0 Å². The van der Waals surface area contributed by atoms with Crippen LogP contribution < -0.4 is 5.73 Å². The van der Waals surface area contributed by atoms with Crippen LogP contribution >= 0.6 is 0 Å². The molecule has 0 radical (unpaired) electrons. The minimum atomic E-state index is -5.02. The van der Waals surface area contributed by atoms with Gasteiger partial charge in [0.1, 0.15) is 5.69 Å². The number of halogens is 5. The minimum absolute atomic E-state index is 0.0739. The number of ether oxygens (including phenoxy) is 1. The highest BCUT2D eigenvalue weighted by molar-refractivity contribution is 5.89. The van der Waals surface area contributed by atoms with E-state index in [9.17, 15) is 26.7 Å². The Morgan fingerprint density at radius 1 is 1.45 bits per heavy atom. The van der Waals surface area contributed by atoms with Crippen LogP contribution in [0.15, 0.2) is 6.07 Å². The van der Waals surface area contributed by atoms with E-state index in [4.69, 9.17) is 5.73 Å². The molecule has 0 fully saturated rings. The number of hydrogen-bond donors (Lipinski definition) is 1. The summed E-state index contributed by atoms with van der Waals surface area (Å²) in [5.41, 5.74) is 1.16. The Bertz CT molecular complexity index is 502. The van der Waals surface area contributed by atoms with Crippen molar-refractivity contribution in [3.05, 3.63) is 28.6 Å². The Morgan fingerprint density at radius 3 is 2.45 bits per heavy atom. The summed E-state index contributed by atoms with van der Waals surface area (Å²) in [6.45, 7) is 0.918. The molecule has 0 bridgehead atoms. The van der Waals surface area contributed by atoms with E-state index in [1.807, 2.05) is 0 Å². The molecule has 0 amide bonds. The largest absolute Gasteiger partial charge is 0.461 e. The highest BCUT2D eigenvalue weighted by Gasteiger charge is 2.38. The van der Waals surface area contributed by atoms with E-state index in [0.29, 0.717) is 6.07 Å². The third-order valence-electron chi connectivity index (χ3n) is 2.33. The van der Waals surface area contributed by atoms with Crippen molar-refractivity contribution in [3.63, 3.8) is 0 Å². The van der Waals surface area contributed by atoms with E-state index in [-0.39, 0.29) is 12.2 Å². The lowest BCUT2D eigenvalue weighted by atomic mass is 10.1. The van der Waals surface area contributed by atoms with Crippen molar-refractivity contribution in [2.75, 3.05) is 6.61 Å². The Hall–Kier alpha value is -1.77. The van der Waals surface area contributed by atoms with Crippen molar-refractivity contribution in [1.29, 1.82) is 0 Å². The first-order chi connectivity index (χ1) is 9.22. The quantitative estimate of drug-likeness (QED) is 0.685. The molecule has 0 atom stereocenters. The van der Waals surface area contributed by atoms with Crippen LogP contribution in [0.2, 0.25) is 0 Å². The Balaban J connectivity index is 3.49. The molecule has 0 saturated carbocycles. The van der Waals surface area contributed by atoms with Gasteiger partial charge in [-0.2, -0.15) is 13.2 Å². The average Bonchev–Trinajstić information content (AvgIpc) is 2.36. The van der Waals surface area contributed by atoms with Crippen LogP contribution in [0.1, 0.15) is 40.7 Å². The van der Waals surface area contributed by atoms with Gasteiger partial charge in [0.25, 0.3) is 6.43 Å². The molecular weight excluding hydrogens is 287 g/mol. The van der Waals surface area contributed by atoms with Gasteiger partial charge < -0.3 is 10.5 Å². The van der Waals surface area contributed by atoms with Crippen molar-refractivity contribution in [3.8, 4) is 0 Å². The maximum atomic E-state index is 12.7. The predicted octanol–water partition coefficient (Wildman–Crippen LogP) is 2.67. The SMILES string of the molecule is CCOC(=O)c1nc(C(F)F)c(C(F)(F)F)cc1CN. The van der Waals surface area contributed by atoms with Crippen LogP contribution in [-0.2, 0) is 17.5 Å². The predicted molar refractivity (Wildman–Crippen MR) is 58.0 cm³/mol. The fraction of sp³-hybridized carbons (Fsp3) is 0.455. The van der Waals surface area contributed by atoms with E-state index in [1.165, 1.54) is 6.92 Å². The minimum Gasteiger partial charge on any atom is -0.461 e. The zero-order chi connectivity index (χ0) is 15.5. The number of alkyl halides is 5. The van der Waals surface area contributed by atoms with Crippen molar-refractivity contribution in [2.24, 2.45) is 5.73 Å². The van der Waals surface area contributed by atoms with Gasteiger partial charge in [-0.05, 0) is 18.6 Å². The molecule has 2 N–H and O–H groups in total. The van der Waals surface area contributed by atoms with Gasteiger partial charge in [-0.15, -0.1) is 0 Å². The molecule has 9 heteroatoms. The molecule has 1 rings (SSSR count). The molecule has 0 aromatic carbocycles. The van der Waals surface area contributed by atoms with Crippen LogP contribution in [0, 0.1) is 0 Å². The highest BCUT2D eigenvalue weighted by Crippen LogP contribution is 2.36. The summed E-state index contributed by atoms with van der Waals surface area (Å²) >= 11 is 0. The summed E-state index contributed by atoms with van der Waals surface area (Å²) in [5, 5.41) is 0. The molecule has 1 aromatic heterocycles. The van der Waals surface area contributed by atoms with Crippen LogP contribution in [-0.4, -0.2) is 17.6 Å². The Kier molecular flexibility index (Phi) is 4.98. The van der Waals surface area contributed by atoms with Crippen molar-refractivity contribution in [2.45, 2.75) is 26.1 Å². The van der Waals surface area contributed by atoms with Crippen LogP contribution in [0.25, 0.3) is 0 Å². The van der Waals surface area contributed by atoms with Gasteiger partial charge >= 0.3 is 12.1 Å². The first-order valence-corrected chi connectivity index (χ1v) is 5.48. The van der Waals surface area contributed by atoms with E-state index >= 15 is 0 Å². The lowest BCUT2D eigenvalue weighted by molar-refractivity contribution is -0.140. The van der Waals surface area contributed by atoms with Gasteiger partial charge in [-0.3, -0.25) is 0 Å².